The fourth-order valence-corrected chi connectivity index (χ4v) is 3.21. The van der Waals surface area contributed by atoms with Crippen LogP contribution in [0.4, 0.5) is 37.6 Å². The maximum absolute atomic E-state index is 14.0. The van der Waals surface area contributed by atoms with Crippen molar-refractivity contribution in [3.8, 4) is 0 Å². The van der Waals surface area contributed by atoms with Crippen molar-refractivity contribution in [1.82, 2.24) is 9.97 Å². The molecular weight excluding hydrogens is 376 g/mol. The molecule has 4 rings (SSSR count). The zero-order valence-electron chi connectivity index (χ0n) is 16.0. The SMILES string of the molecule is Cc1cc(Nc2c(F)cccc2F)nc(Nc2ccccc2N2CCOCC2)n1. The lowest BCUT2D eigenvalue weighted by Gasteiger charge is -2.30. The van der Waals surface area contributed by atoms with Gasteiger partial charge in [0.2, 0.25) is 5.95 Å². The van der Waals surface area contributed by atoms with Crippen LogP contribution in [0.25, 0.3) is 0 Å². The van der Waals surface area contributed by atoms with Crippen molar-refractivity contribution in [3.05, 3.63) is 65.9 Å². The molecule has 0 spiro atoms. The predicted molar refractivity (Wildman–Crippen MR) is 109 cm³/mol. The maximum Gasteiger partial charge on any atom is 0.229 e. The van der Waals surface area contributed by atoms with Crippen LogP contribution < -0.4 is 15.5 Å². The van der Waals surface area contributed by atoms with Crippen LogP contribution in [0.3, 0.4) is 0 Å². The van der Waals surface area contributed by atoms with E-state index in [4.69, 9.17) is 4.74 Å². The molecule has 0 saturated carbocycles. The van der Waals surface area contributed by atoms with Crippen molar-refractivity contribution in [2.45, 2.75) is 6.92 Å². The minimum absolute atomic E-state index is 0.245. The smallest absolute Gasteiger partial charge is 0.229 e. The standard InChI is InChI=1S/C21H21F2N5O/c1-14-13-19(26-20-15(22)5-4-6-16(20)23)27-21(24-14)25-17-7-2-3-8-18(17)28-9-11-29-12-10-28/h2-8,13H,9-12H2,1H3,(H2,24,25,26,27). The molecular formula is C21H21F2N5O. The zero-order valence-corrected chi connectivity index (χ0v) is 16.0. The van der Waals surface area contributed by atoms with E-state index < -0.39 is 11.6 Å². The minimum atomic E-state index is -0.687. The lowest BCUT2D eigenvalue weighted by molar-refractivity contribution is 0.123. The van der Waals surface area contributed by atoms with Crippen LogP contribution in [0.2, 0.25) is 0 Å². The first-order valence-corrected chi connectivity index (χ1v) is 9.35. The lowest BCUT2D eigenvalue weighted by Crippen LogP contribution is -2.36. The number of aromatic nitrogens is 2. The summed E-state index contributed by atoms with van der Waals surface area (Å²) in [5.41, 5.74) is 2.29. The Morgan fingerprint density at radius 1 is 0.931 bits per heavy atom. The molecule has 2 aromatic carbocycles. The number of benzene rings is 2. The molecule has 3 aromatic rings. The van der Waals surface area contributed by atoms with E-state index >= 15 is 0 Å². The zero-order chi connectivity index (χ0) is 20.2. The molecule has 0 radical (unpaired) electrons. The van der Waals surface area contributed by atoms with Gasteiger partial charge in [0.25, 0.3) is 0 Å². The molecule has 1 aliphatic rings. The summed E-state index contributed by atoms with van der Waals surface area (Å²) in [5.74, 6) is -0.736. The van der Waals surface area contributed by atoms with E-state index in [1.807, 2.05) is 24.3 Å². The first kappa shape index (κ1) is 19.1. The highest BCUT2D eigenvalue weighted by molar-refractivity contribution is 5.74. The second kappa shape index (κ2) is 8.40. The largest absolute Gasteiger partial charge is 0.378 e. The molecule has 0 bridgehead atoms. The van der Waals surface area contributed by atoms with Gasteiger partial charge in [-0.2, -0.15) is 4.98 Å². The number of rotatable bonds is 5. The minimum Gasteiger partial charge on any atom is -0.378 e. The van der Waals surface area contributed by atoms with E-state index in [1.54, 1.807) is 13.0 Å². The van der Waals surface area contributed by atoms with Gasteiger partial charge in [0, 0.05) is 24.8 Å². The Morgan fingerprint density at radius 3 is 2.41 bits per heavy atom. The fourth-order valence-electron chi connectivity index (χ4n) is 3.21. The third-order valence-electron chi connectivity index (χ3n) is 4.57. The number of anilines is 5. The van der Waals surface area contributed by atoms with Crippen molar-refractivity contribution in [1.29, 1.82) is 0 Å². The van der Waals surface area contributed by atoms with E-state index in [0.29, 0.717) is 30.7 Å². The first-order chi connectivity index (χ1) is 14.1. The van der Waals surface area contributed by atoms with Gasteiger partial charge in [-0.1, -0.05) is 18.2 Å². The third kappa shape index (κ3) is 4.43. The predicted octanol–water partition coefficient (Wildman–Crippen LogP) is 4.39. The summed E-state index contributed by atoms with van der Waals surface area (Å²) < 4.78 is 33.4. The van der Waals surface area contributed by atoms with Gasteiger partial charge < -0.3 is 20.3 Å². The summed E-state index contributed by atoms with van der Waals surface area (Å²) in [6.45, 7) is 4.75. The molecule has 1 saturated heterocycles. The highest BCUT2D eigenvalue weighted by Crippen LogP contribution is 2.29. The summed E-state index contributed by atoms with van der Waals surface area (Å²) in [6, 6.07) is 13.2. The molecule has 2 heterocycles. The summed E-state index contributed by atoms with van der Waals surface area (Å²) in [6.07, 6.45) is 0. The molecule has 6 nitrogen and oxygen atoms in total. The molecule has 1 aromatic heterocycles. The van der Waals surface area contributed by atoms with Crippen LogP contribution in [0.5, 0.6) is 0 Å². The highest BCUT2D eigenvalue weighted by atomic mass is 19.1. The molecule has 0 amide bonds. The Balaban J connectivity index is 1.61. The van der Waals surface area contributed by atoms with Crippen LogP contribution in [0.15, 0.2) is 48.5 Å². The average molecular weight is 397 g/mol. The van der Waals surface area contributed by atoms with Crippen molar-refractivity contribution >= 4 is 28.8 Å². The second-order valence-corrected chi connectivity index (χ2v) is 6.68. The van der Waals surface area contributed by atoms with Gasteiger partial charge >= 0.3 is 0 Å². The molecule has 0 atom stereocenters. The molecule has 2 N–H and O–H groups in total. The third-order valence-corrected chi connectivity index (χ3v) is 4.57. The number of nitrogens with zero attached hydrogens (tertiary/aromatic N) is 3. The van der Waals surface area contributed by atoms with Crippen LogP contribution in [-0.2, 0) is 4.74 Å². The number of nitrogens with one attached hydrogen (secondary N) is 2. The molecule has 1 aliphatic heterocycles. The van der Waals surface area contributed by atoms with Gasteiger partial charge in [0.1, 0.15) is 23.1 Å². The fraction of sp³-hybridized carbons (Fsp3) is 0.238. The Morgan fingerprint density at radius 2 is 1.66 bits per heavy atom. The van der Waals surface area contributed by atoms with E-state index in [0.717, 1.165) is 24.5 Å². The summed E-state index contributed by atoms with van der Waals surface area (Å²) >= 11 is 0. The highest BCUT2D eigenvalue weighted by Gasteiger charge is 2.16. The molecule has 150 valence electrons. The number of para-hydroxylation sites is 3. The Kier molecular flexibility index (Phi) is 5.53. The Labute approximate surface area is 167 Å². The summed E-state index contributed by atoms with van der Waals surface area (Å²) in [4.78, 5) is 11.0. The maximum atomic E-state index is 14.0. The topological polar surface area (TPSA) is 62.3 Å². The van der Waals surface area contributed by atoms with Crippen LogP contribution in [0, 0.1) is 18.6 Å². The van der Waals surface area contributed by atoms with Crippen LogP contribution in [-0.4, -0.2) is 36.3 Å². The first-order valence-electron chi connectivity index (χ1n) is 9.35. The second-order valence-electron chi connectivity index (χ2n) is 6.68. The number of hydrogen-bond donors (Lipinski definition) is 2. The van der Waals surface area contributed by atoms with Gasteiger partial charge in [-0.05, 0) is 31.2 Å². The van der Waals surface area contributed by atoms with E-state index in [1.165, 1.54) is 18.2 Å². The van der Waals surface area contributed by atoms with Crippen LogP contribution in [0.1, 0.15) is 5.69 Å². The van der Waals surface area contributed by atoms with Crippen molar-refractivity contribution in [2.75, 3.05) is 41.8 Å². The molecule has 29 heavy (non-hydrogen) atoms. The Bertz CT molecular complexity index is 988. The lowest BCUT2D eigenvalue weighted by atomic mass is 10.2. The number of aryl methyl sites for hydroxylation is 1. The monoisotopic (exact) mass is 397 g/mol. The average Bonchev–Trinajstić information content (AvgIpc) is 2.72. The van der Waals surface area contributed by atoms with Crippen molar-refractivity contribution < 1.29 is 13.5 Å². The van der Waals surface area contributed by atoms with Gasteiger partial charge in [-0.25, -0.2) is 13.8 Å². The quantitative estimate of drug-likeness (QED) is 0.666. The number of halogens is 2. The van der Waals surface area contributed by atoms with Gasteiger partial charge in [0.05, 0.1) is 24.6 Å². The molecule has 0 aliphatic carbocycles. The Hall–Kier alpha value is -3.26. The van der Waals surface area contributed by atoms with E-state index in [9.17, 15) is 8.78 Å². The molecule has 1 fully saturated rings. The van der Waals surface area contributed by atoms with Crippen molar-refractivity contribution in [3.63, 3.8) is 0 Å². The summed E-state index contributed by atoms with van der Waals surface area (Å²) in [7, 11) is 0. The van der Waals surface area contributed by atoms with Crippen LogP contribution >= 0.6 is 0 Å². The van der Waals surface area contributed by atoms with Gasteiger partial charge in [-0.15, -0.1) is 0 Å². The van der Waals surface area contributed by atoms with E-state index in [2.05, 4.69) is 25.5 Å². The number of ether oxygens (including phenoxy) is 1. The molecule has 0 unspecified atom stereocenters. The summed E-state index contributed by atoms with van der Waals surface area (Å²) in [5, 5.41) is 5.95. The number of hydrogen-bond acceptors (Lipinski definition) is 6. The van der Waals surface area contributed by atoms with Gasteiger partial charge in [0.15, 0.2) is 0 Å². The van der Waals surface area contributed by atoms with Crippen molar-refractivity contribution in [2.24, 2.45) is 0 Å². The van der Waals surface area contributed by atoms with Gasteiger partial charge in [-0.3, -0.25) is 0 Å². The normalized spacial score (nSPS) is 14.0. The molecule has 8 heteroatoms. The number of morpholine rings is 1. The van der Waals surface area contributed by atoms with E-state index in [-0.39, 0.29) is 5.69 Å².